The van der Waals surface area contributed by atoms with Crippen LogP contribution in [0.4, 0.5) is 0 Å². The average Bonchev–Trinajstić information content (AvgIpc) is 2.30. The third-order valence-electron chi connectivity index (χ3n) is 2.18. The highest BCUT2D eigenvalue weighted by Gasteiger charge is 2.08. The lowest BCUT2D eigenvalue weighted by Gasteiger charge is -2.05. The van der Waals surface area contributed by atoms with E-state index in [4.69, 9.17) is 4.74 Å². The number of unbranched alkanes of at least 4 members (excludes halogenated alkanes) is 4. The van der Waals surface area contributed by atoms with Crippen molar-refractivity contribution in [2.45, 2.75) is 46.0 Å². The van der Waals surface area contributed by atoms with Crippen molar-refractivity contribution in [3.05, 3.63) is 12.2 Å². The first kappa shape index (κ1) is 15.7. The van der Waals surface area contributed by atoms with Gasteiger partial charge in [-0.15, -0.1) is 0 Å². The van der Waals surface area contributed by atoms with Gasteiger partial charge in [-0.3, -0.25) is 0 Å². The van der Waals surface area contributed by atoms with Crippen LogP contribution in [0.5, 0.6) is 0 Å². The van der Waals surface area contributed by atoms with Crippen molar-refractivity contribution in [1.82, 2.24) is 0 Å². The number of carbonyl (C=O) groups is 2. The minimum atomic E-state index is -0.565. The van der Waals surface area contributed by atoms with Crippen LogP contribution in [0.1, 0.15) is 46.0 Å². The third kappa shape index (κ3) is 9.60. The molecule has 4 heteroatoms. The quantitative estimate of drug-likeness (QED) is 0.354. The fourth-order valence-corrected chi connectivity index (χ4v) is 1.18. The summed E-state index contributed by atoms with van der Waals surface area (Å²) in [6, 6.07) is 0. The highest BCUT2D eigenvalue weighted by Crippen LogP contribution is 2.02. The molecule has 0 unspecified atom stereocenters. The fraction of sp³-hybridized carbons (Fsp3) is 0.692. The maximum atomic E-state index is 11.1. The summed E-state index contributed by atoms with van der Waals surface area (Å²) < 4.78 is 9.55. The Morgan fingerprint density at radius 3 is 2.29 bits per heavy atom. The van der Waals surface area contributed by atoms with E-state index in [0.29, 0.717) is 6.61 Å². The number of ether oxygens (including phenoxy) is 2. The molecular formula is C13H22O4. The topological polar surface area (TPSA) is 52.6 Å². The van der Waals surface area contributed by atoms with E-state index in [2.05, 4.69) is 18.2 Å². The summed E-state index contributed by atoms with van der Waals surface area (Å²) in [7, 11) is 0. The largest absolute Gasteiger partial charge is 0.463 e. The number of rotatable bonds is 9. The van der Waals surface area contributed by atoms with E-state index in [0.717, 1.165) is 12.8 Å². The zero-order valence-corrected chi connectivity index (χ0v) is 10.8. The second-order valence-electron chi connectivity index (χ2n) is 3.99. The Balaban J connectivity index is 3.41. The normalized spacial score (nSPS) is 9.76. The van der Waals surface area contributed by atoms with Gasteiger partial charge in [0.05, 0.1) is 6.61 Å². The van der Waals surface area contributed by atoms with E-state index in [1.165, 1.54) is 26.2 Å². The second kappa shape index (κ2) is 9.87. The number of esters is 2. The molecule has 0 aliphatic rings. The summed E-state index contributed by atoms with van der Waals surface area (Å²) in [5.74, 6) is -1.07. The van der Waals surface area contributed by atoms with Crippen LogP contribution in [-0.2, 0) is 19.1 Å². The first-order chi connectivity index (χ1) is 8.07. The predicted octanol–water partition coefficient (Wildman–Crippen LogP) is 2.62. The highest BCUT2D eigenvalue weighted by atomic mass is 16.6. The van der Waals surface area contributed by atoms with Gasteiger partial charge in [-0.05, 0) is 13.3 Å². The molecule has 0 radical (unpaired) electrons. The van der Waals surface area contributed by atoms with Gasteiger partial charge >= 0.3 is 11.9 Å². The molecule has 98 valence electrons. The molecule has 17 heavy (non-hydrogen) atoms. The van der Waals surface area contributed by atoms with Crippen LogP contribution in [0.3, 0.4) is 0 Å². The fourth-order valence-electron chi connectivity index (χ4n) is 1.18. The summed E-state index contributed by atoms with van der Waals surface area (Å²) >= 11 is 0. The molecule has 0 heterocycles. The standard InChI is InChI=1S/C13H22O4/c1-4-5-6-7-8-9-16-12(14)10-17-13(15)11(2)3/h2,4-10H2,1,3H3. The maximum absolute atomic E-state index is 11.1. The van der Waals surface area contributed by atoms with Crippen molar-refractivity contribution in [2.75, 3.05) is 13.2 Å². The summed E-state index contributed by atoms with van der Waals surface area (Å²) in [4.78, 5) is 22.1. The number of carbonyl (C=O) groups excluding carboxylic acids is 2. The van der Waals surface area contributed by atoms with Crippen molar-refractivity contribution in [3.63, 3.8) is 0 Å². The molecule has 0 saturated carbocycles. The molecule has 0 bridgehead atoms. The molecule has 4 nitrogen and oxygen atoms in total. The van der Waals surface area contributed by atoms with Gasteiger partial charge in [0.2, 0.25) is 0 Å². The van der Waals surface area contributed by atoms with Crippen LogP contribution < -0.4 is 0 Å². The Hall–Kier alpha value is -1.32. The lowest BCUT2D eigenvalue weighted by molar-refractivity contribution is -0.156. The van der Waals surface area contributed by atoms with E-state index in [1.807, 2.05) is 0 Å². The Morgan fingerprint density at radius 1 is 1.06 bits per heavy atom. The second-order valence-corrected chi connectivity index (χ2v) is 3.99. The average molecular weight is 242 g/mol. The molecule has 0 aromatic heterocycles. The monoisotopic (exact) mass is 242 g/mol. The van der Waals surface area contributed by atoms with Gasteiger partial charge in [0.25, 0.3) is 0 Å². The molecule has 0 aromatic rings. The summed E-state index contributed by atoms with van der Waals surface area (Å²) in [5.41, 5.74) is 0.275. The van der Waals surface area contributed by atoms with Gasteiger partial charge in [0, 0.05) is 5.57 Å². The first-order valence-corrected chi connectivity index (χ1v) is 6.06. The number of hydrogen-bond donors (Lipinski definition) is 0. The third-order valence-corrected chi connectivity index (χ3v) is 2.18. The van der Waals surface area contributed by atoms with Gasteiger partial charge in [-0.1, -0.05) is 39.2 Å². The molecule has 0 rings (SSSR count). The molecule has 0 atom stereocenters. The summed E-state index contributed by atoms with van der Waals surface area (Å²) in [6.07, 6.45) is 5.49. The molecular weight excluding hydrogens is 220 g/mol. The van der Waals surface area contributed by atoms with Crippen LogP contribution in [0.25, 0.3) is 0 Å². The lowest BCUT2D eigenvalue weighted by atomic mass is 10.2. The highest BCUT2D eigenvalue weighted by molar-refractivity contribution is 5.88. The lowest BCUT2D eigenvalue weighted by Crippen LogP contribution is -2.17. The van der Waals surface area contributed by atoms with E-state index < -0.39 is 11.9 Å². The van der Waals surface area contributed by atoms with Gasteiger partial charge in [-0.2, -0.15) is 0 Å². The van der Waals surface area contributed by atoms with Crippen LogP contribution in [-0.4, -0.2) is 25.2 Å². The van der Waals surface area contributed by atoms with E-state index in [-0.39, 0.29) is 12.2 Å². The molecule has 0 aromatic carbocycles. The zero-order valence-electron chi connectivity index (χ0n) is 10.8. The van der Waals surface area contributed by atoms with E-state index >= 15 is 0 Å². The minimum Gasteiger partial charge on any atom is -0.463 e. The van der Waals surface area contributed by atoms with Crippen LogP contribution in [0, 0.1) is 0 Å². The molecule has 0 N–H and O–H groups in total. The van der Waals surface area contributed by atoms with Crippen molar-refractivity contribution >= 4 is 11.9 Å². The Bertz CT molecular complexity index is 258. The molecule has 0 spiro atoms. The van der Waals surface area contributed by atoms with Crippen LogP contribution in [0.2, 0.25) is 0 Å². The van der Waals surface area contributed by atoms with Crippen LogP contribution >= 0.6 is 0 Å². The molecule has 0 aliphatic heterocycles. The summed E-state index contributed by atoms with van der Waals surface area (Å²) in [6.45, 7) is 7.15. The first-order valence-electron chi connectivity index (χ1n) is 6.06. The molecule has 0 aliphatic carbocycles. The zero-order chi connectivity index (χ0) is 13.1. The summed E-state index contributed by atoms with van der Waals surface area (Å²) in [5, 5.41) is 0. The van der Waals surface area contributed by atoms with Crippen molar-refractivity contribution < 1.29 is 19.1 Å². The van der Waals surface area contributed by atoms with Crippen molar-refractivity contribution in [3.8, 4) is 0 Å². The van der Waals surface area contributed by atoms with Gasteiger partial charge < -0.3 is 9.47 Å². The van der Waals surface area contributed by atoms with Gasteiger partial charge in [-0.25, -0.2) is 9.59 Å². The van der Waals surface area contributed by atoms with Gasteiger partial charge in [0.15, 0.2) is 6.61 Å². The van der Waals surface area contributed by atoms with Gasteiger partial charge in [0.1, 0.15) is 0 Å². The van der Waals surface area contributed by atoms with Crippen LogP contribution in [0.15, 0.2) is 12.2 Å². The number of hydrogen-bond acceptors (Lipinski definition) is 4. The molecule has 0 amide bonds. The molecule has 0 fully saturated rings. The van der Waals surface area contributed by atoms with E-state index in [1.54, 1.807) is 0 Å². The minimum absolute atomic E-state index is 0.275. The van der Waals surface area contributed by atoms with Crippen molar-refractivity contribution in [1.29, 1.82) is 0 Å². The van der Waals surface area contributed by atoms with Crippen molar-refractivity contribution in [2.24, 2.45) is 0 Å². The Labute approximate surface area is 103 Å². The molecule has 0 saturated heterocycles. The Morgan fingerprint density at radius 2 is 1.71 bits per heavy atom. The Kier molecular flexibility index (Phi) is 9.11. The SMILES string of the molecule is C=C(C)C(=O)OCC(=O)OCCCCCCC. The predicted molar refractivity (Wildman–Crippen MR) is 65.5 cm³/mol. The maximum Gasteiger partial charge on any atom is 0.344 e. The smallest absolute Gasteiger partial charge is 0.344 e. The van der Waals surface area contributed by atoms with E-state index in [9.17, 15) is 9.59 Å².